The molecule has 0 saturated carbocycles. The van der Waals surface area contributed by atoms with E-state index in [1.165, 1.54) is 0 Å². The number of piperidine rings is 1. The van der Waals surface area contributed by atoms with E-state index in [2.05, 4.69) is 37.6 Å². The first-order valence-corrected chi connectivity index (χ1v) is 6.70. The molecule has 1 fully saturated rings. The highest BCUT2D eigenvalue weighted by Crippen LogP contribution is 2.27. The number of nitrogens with zero attached hydrogens (tertiary/aromatic N) is 1. The third kappa shape index (κ3) is 6.34. The molecule has 1 rings (SSSR count). The summed E-state index contributed by atoms with van der Waals surface area (Å²) in [6.45, 7) is 13.1. The Morgan fingerprint density at radius 1 is 1.28 bits per heavy atom. The fourth-order valence-corrected chi connectivity index (χ4v) is 2.20. The monoisotopic (exact) mass is 260 g/mol. The number of hydrogen-bond donors (Lipinski definition) is 1. The maximum absolute atomic E-state index is 13.0. The zero-order chi connectivity index (χ0) is 13.8. The predicted molar refractivity (Wildman–Crippen MR) is 71.8 cm³/mol. The van der Waals surface area contributed by atoms with Gasteiger partial charge in [0.05, 0.1) is 0 Å². The summed E-state index contributed by atoms with van der Waals surface area (Å²) in [6.07, 6.45) is 0.928. The van der Waals surface area contributed by atoms with Crippen molar-refractivity contribution in [2.24, 2.45) is 5.41 Å². The van der Waals surface area contributed by atoms with Gasteiger partial charge in [-0.05, 0) is 11.8 Å². The molecule has 1 aliphatic heterocycles. The van der Waals surface area contributed by atoms with Gasteiger partial charge in [0.25, 0.3) is 5.92 Å². The van der Waals surface area contributed by atoms with Crippen LogP contribution in [0.4, 0.5) is 8.78 Å². The average Bonchev–Trinajstić information content (AvgIpc) is 2.18. The summed E-state index contributed by atoms with van der Waals surface area (Å²) in [5, 5.41) is 3.28. The summed E-state index contributed by atoms with van der Waals surface area (Å²) in [4.78, 5) is 2.09. The second kappa shape index (κ2) is 6.00. The summed E-state index contributed by atoms with van der Waals surface area (Å²) >= 11 is 0. The van der Waals surface area contributed by atoms with Crippen molar-refractivity contribution < 1.29 is 8.78 Å². The molecule has 1 heterocycles. The van der Waals surface area contributed by atoms with Crippen molar-refractivity contribution in [1.82, 2.24) is 10.2 Å². The lowest BCUT2D eigenvalue weighted by Gasteiger charge is -2.32. The number of rotatable bonds is 5. The number of allylic oxidation sites excluding steroid dienone is 1. The molecule has 0 radical (unpaired) electrons. The second-order valence-electron chi connectivity index (χ2n) is 6.47. The van der Waals surface area contributed by atoms with E-state index in [9.17, 15) is 8.78 Å². The van der Waals surface area contributed by atoms with Crippen molar-refractivity contribution in [3.8, 4) is 0 Å². The van der Waals surface area contributed by atoms with Gasteiger partial charge in [0.15, 0.2) is 0 Å². The van der Waals surface area contributed by atoms with Crippen LogP contribution in [0.25, 0.3) is 0 Å². The first-order valence-electron chi connectivity index (χ1n) is 6.70. The van der Waals surface area contributed by atoms with E-state index in [0.717, 1.165) is 25.2 Å². The third-order valence-corrected chi connectivity index (χ3v) is 3.13. The molecule has 0 spiro atoms. The minimum Gasteiger partial charge on any atom is -0.388 e. The summed E-state index contributed by atoms with van der Waals surface area (Å²) in [6, 6.07) is 0. The third-order valence-electron chi connectivity index (χ3n) is 3.13. The van der Waals surface area contributed by atoms with Crippen molar-refractivity contribution in [3.63, 3.8) is 0 Å². The van der Waals surface area contributed by atoms with Crippen LogP contribution in [-0.2, 0) is 0 Å². The van der Waals surface area contributed by atoms with E-state index in [4.69, 9.17) is 0 Å². The molecule has 1 N–H and O–H groups in total. The lowest BCUT2D eigenvalue weighted by Crippen LogP contribution is -2.42. The standard InChI is InChI=1S/C14H26F2N2/c1-12(11-13(2,3)4)17-7-10-18-8-5-14(15,16)6-9-18/h17H,1,5-11H2,2-4H3. The van der Waals surface area contributed by atoms with E-state index in [1.54, 1.807) is 0 Å². The van der Waals surface area contributed by atoms with Gasteiger partial charge >= 0.3 is 0 Å². The largest absolute Gasteiger partial charge is 0.388 e. The van der Waals surface area contributed by atoms with Crippen LogP contribution in [0.1, 0.15) is 40.0 Å². The molecule has 4 heteroatoms. The molecular formula is C14H26F2N2. The number of halogens is 2. The SMILES string of the molecule is C=C(CC(C)(C)C)NCCN1CCC(F)(F)CC1. The molecule has 106 valence electrons. The van der Waals surface area contributed by atoms with Crippen LogP contribution < -0.4 is 5.32 Å². The highest BCUT2D eigenvalue weighted by Gasteiger charge is 2.33. The van der Waals surface area contributed by atoms with Crippen molar-refractivity contribution in [2.45, 2.75) is 46.0 Å². The predicted octanol–water partition coefficient (Wildman–Crippen LogP) is 3.26. The number of nitrogens with one attached hydrogen (secondary N) is 1. The molecule has 18 heavy (non-hydrogen) atoms. The van der Waals surface area contributed by atoms with E-state index < -0.39 is 5.92 Å². The Morgan fingerprint density at radius 2 is 1.83 bits per heavy atom. The van der Waals surface area contributed by atoms with Crippen LogP contribution >= 0.6 is 0 Å². The molecule has 0 amide bonds. The normalized spacial score (nSPS) is 20.7. The van der Waals surface area contributed by atoms with Gasteiger partial charge in [0.1, 0.15) is 0 Å². The Morgan fingerprint density at radius 3 is 2.33 bits per heavy atom. The van der Waals surface area contributed by atoms with Gasteiger partial charge in [0, 0.05) is 44.7 Å². The van der Waals surface area contributed by atoms with Crippen LogP contribution in [0.5, 0.6) is 0 Å². The molecule has 0 bridgehead atoms. The fraction of sp³-hybridized carbons (Fsp3) is 0.857. The minimum absolute atomic E-state index is 0.00403. The van der Waals surface area contributed by atoms with Crippen LogP contribution in [0.15, 0.2) is 12.3 Å². The summed E-state index contributed by atoms with van der Waals surface area (Å²) in [5.41, 5.74) is 1.27. The fourth-order valence-electron chi connectivity index (χ4n) is 2.20. The summed E-state index contributed by atoms with van der Waals surface area (Å²) in [7, 11) is 0. The average molecular weight is 260 g/mol. The molecule has 0 atom stereocenters. The highest BCUT2D eigenvalue weighted by molar-refractivity contribution is 4.95. The molecule has 2 nitrogen and oxygen atoms in total. The Hall–Kier alpha value is -0.640. The zero-order valence-corrected chi connectivity index (χ0v) is 11.9. The zero-order valence-electron chi connectivity index (χ0n) is 11.9. The van der Waals surface area contributed by atoms with E-state index in [-0.39, 0.29) is 18.3 Å². The molecule has 0 aromatic carbocycles. The van der Waals surface area contributed by atoms with Crippen molar-refractivity contribution >= 4 is 0 Å². The van der Waals surface area contributed by atoms with Gasteiger partial charge in [-0.3, -0.25) is 0 Å². The van der Waals surface area contributed by atoms with Crippen LogP contribution in [-0.4, -0.2) is 37.0 Å². The van der Waals surface area contributed by atoms with E-state index in [1.807, 2.05) is 0 Å². The van der Waals surface area contributed by atoms with Gasteiger partial charge in [-0.1, -0.05) is 27.4 Å². The summed E-state index contributed by atoms with van der Waals surface area (Å²) in [5.74, 6) is -2.44. The van der Waals surface area contributed by atoms with Gasteiger partial charge in [-0.25, -0.2) is 8.78 Å². The van der Waals surface area contributed by atoms with Crippen LogP contribution in [0, 0.1) is 5.41 Å². The topological polar surface area (TPSA) is 15.3 Å². The highest BCUT2D eigenvalue weighted by atomic mass is 19.3. The molecular weight excluding hydrogens is 234 g/mol. The quantitative estimate of drug-likeness (QED) is 0.816. The minimum atomic E-state index is -2.44. The molecule has 1 aliphatic rings. The lowest BCUT2D eigenvalue weighted by atomic mass is 9.91. The Balaban J connectivity index is 2.14. The molecule has 0 aliphatic carbocycles. The Bertz CT molecular complexity index is 272. The maximum Gasteiger partial charge on any atom is 0.250 e. The first-order chi connectivity index (χ1) is 8.18. The van der Waals surface area contributed by atoms with Crippen LogP contribution in [0.2, 0.25) is 0 Å². The maximum atomic E-state index is 13.0. The molecule has 1 saturated heterocycles. The van der Waals surface area contributed by atoms with Gasteiger partial charge in [0.2, 0.25) is 0 Å². The lowest BCUT2D eigenvalue weighted by molar-refractivity contribution is -0.0547. The van der Waals surface area contributed by atoms with Crippen molar-refractivity contribution in [2.75, 3.05) is 26.2 Å². The molecule has 0 aromatic rings. The van der Waals surface area contributed by atoms with Crippen molar-refractivity contribution in [1.29, 1.82) is 0 Å². The summed E-state index contributed by atoms with van der Waals surface area (Å²) < 4.78 is 25.9. The molecule has 0 aromatic heterocycles. The number of alkyl halides is 2. The smallest absolute Gasteiger partial charge is 0.250 e. The number of likely N-dealkylation sites (tertiary alicyclic amines) is 1. The van der Waals surface area contributed by atoms with Crippen LogP contribution in [0.3, 0.4) is 0 Å². The van der Waals surface area contributed by atoms with E-state index >= 15 is 0 Å². The van der Waals surface area contributed by atoms with Crippen molar-refractivity contribution in [3.05, 3.63) is 12.3 Å². The van der Waals surface area contributed by atoms with E-state index in [0.29, 0.717) is 13.1 Å². The van der Waals surface area contributed by atoms with Gasteiger partial charge < -0.3 is 10.2 Å². The Kier molecular flexibility index (Phi) is 5.14. The van der Waals surface area contributed by atoms with Gasteiger partial charge in [-0.15, -0.1) is 0 Å². The second-order valence-corrected chi connectivity index (χ2v) is 6.47. The first kappa shape index (κ1) is 15.4. The number of hydrogen-bond acceptors (Lipinski definition) is 2. The molecule has 0 unspecified atom stereocenters. The Labute approximate surface area is 109 Å². The van der Waals surface area contributed by atoms with Gasteiger partial charge in [-0.2, -0.15) is 0 Å².